The first-order valence-electron chi connectivity index (χ1n) is 5.94. The minimum atomic E-state index is 0.712. The molecule has 0 aromatic carbocycles. The van der Waals surface area contributed by atoms with Gasteiger partial charge in [0.2, 0.25) is 0 Å². The second-order valence-electron chi connectivity index (χ2n) is 4.85. The average Bonchev–Trinajstić information content (AvgIpc) is 2.61. The number of hydrogen-bond acceptors (Lipinski definition) is 2. The predicted octanol–water partition coefficient (Wildman–Crippen LogP) is 2.09. The number of rotatable bonds is 3. The summed E-state index contributed by atoms with van der Waals surface area (Å²) >= 11 is 0. The van der Waals surface area contributed by atoms with Crippen molar-refractivity contribution in [1.82, 2.24) is 14.9 Å². The molecule has 0 bridgehead atoms. The Kier molecular flexibility index (Phi) is 3.41. The maximum absolute atomic E-state index is 4.12. The van der Waals surface area contributed by atoms with Crippen LogP contribution in [0.3, 0.4) is 0 Å². The van der Waals surface area contributed by atoms with Crippen molar-refractivity contribution in [1.29, 1.82) is 0 Å². The topological polar surface area (TPSA) is 29.9 Å². The quantitative estimate of drug-likeness (QED) is 0.822. The molecule has 15 heavy (non-hydrogen) atoms. The summed E-state index contributed by atoms with van der Waals surface area (Å²) in [5.41, 5.74) is 1.27. The van der Waals surface area contributed by atoms with Crippen molar-refractivity contribution in [2.24, 2.45) is 13.0 Å². The fourth-order valence-electron chi connectivity index (χ4n) is 2.42. The molecule has 0 saturated heterocycles. The summed E-state index contributed by atoms with van der Waals surface area (Å²) in [4.78, 5) is 4.12. The molecule has 1 N–H and O–H groups in total. The van der Waals surface area contributed by atoms with Crippen LogP contribution in [-0.2, 0) is 13.6 Å². The maximum atomic E-state index is 4.12. The molecule has 84 valence electrons. The SMILES string of the molecule is CC1CCCC(NCc2cncn2C)C1. The van der Waals surface area contributed by atoms with E-state index in [2.05, 4.69) is 21.8 Å². The van der Waals surface area contributed by atoms with Gasteiger partial charge in [-0.2, -0.15) is 0 Å². The van der Waals surface area contributed by atoms with E-state index in [0.717, 1.165) is 12.5 Å². The summed E-state index contributed by atoms with van der Waals surface area (Å²) in [6.07, 6.45) is 9.26. The third kappa shape index (κ3) is 2.81. The van der Waals surface area contributed by atoms with Crippen molar-refractivity contribution >= 4 is 0 Å². The summed E-state index contributed by atoms with van der Waals surface area (Å²) in [5, 5.41) is 3.63. The van der Waals surface area contributed by atoms with Gasteiger partial charge in [0.05, 0.1) is 12.0 Å². The van der Waals surface area contributed by atoms with Gasteiger partial charge in [0.15, 0.2) is 0 Å². The zero-order valence-corrected chi connectivity index (χ0v) is 9.74. The van der Waals surface area contributed by atoms with E-state index in [1.165, 1.54) is 31.4 Å². The second kappa shape index (κ2) is 4.79. The maximum Gasteiger partial charge on any atom is 0.0945 e. The summed E-state index contributed by atoms with van der Waals surface area (Å²) in [6, 6.07) is 0.712. The Morgan fingerprint density at radius 3 is 3.07 bits per heavy atom. The van der Waals surface area contributed by atoms with Crippen LogP contribution in [0.5, 0.6) is 0 Å². The molecule has 2 unspecified atom stereocenters. The van der Waals surface area contributed by atoms with Gasteiger partial charge in [-0.15, -0.1) is 0 Å². The number of imidazole rings is 1. The summed E-state index contributed by atoms with van der Waals surface area (Å²) < 4.78 is 2.08. The van der Waals surface area contributed by atoms with E-state index < -0.39 is 0 Å². The highest BCUT2D eigenvalue weighted by Gasteiger charge is 2.18. The first-order chi connectivity index (χ1) is 7.25. The Balaban J connectivity index is 1.80. The average molecular weight is 207 g/mol. The van der Waals surface area contributed by atoms with Crippen LogP contribution in [0.1, 0.15) is 38.3 Å². The molecule has 0 radical (unpaired) electrons. The third-order valence-corrected chi connectivity index (χ3v) is 3.42. The Hall–Kier alpha value is -0.830. The summed E-state index contributed by atoms with van der Waals surface area (Å²) in [5.74, 6) is 0.891. The summed E-state index contributed by atoms with van der Waals surface area (Å²) in [7, 11) is 2.05. The van der Waals surface area contributed by atoms with Crippen LogP contribution in [0.4, 0.5) is 0 Å². The fourth-order valence-corrected chi connectivity index (χ4v) is 2.42. The van der Waals surface area contributed by atoms with E-state index in [9.17, 15) is 0 Å². The van der Waals surface area contributed by atoms with Crippen LogP contribution in [-0.4, -0.2) is 15.6 Å². The van der Waals surface area contributed by atoms with Crippen LogP contribution < -0.4 is 5.32 Å². The molecule has 2 rings (SSSR count). The van der Waals surface area contributed by atoms with Gasteiger partial charge in [-0.25, -0.2) is 4.98 Å². The Labute approximate surface area is 91.9 Å². The minimum absolute atomic E-state index is 0.712. The Morgan fingerprint density at radius 2 is 2.40 bits per heavy atom. The van der Waals surface area contributed by atoms with Gasteiger partial charge >= 0.3 is 0 Å². The summed E-state index contributed by atoms with van der Waals surface area (Å²) in [6.45, 7) is 3.31. The standard InChI is InChI=1S/C12H21N3/c1-10-4-3-5-11(6-10)14-8-12-7-13-9-15(12)2/h7,9-11,14H,3-6,8H2,1-2H3. The van der Waals surface area contributed by atoms with Crippen molar-refractivity contribution < 1.29 is 0 Å². The molecule has 1 aliphatic carbocycles. The minimum Gasteiger partial charge on any atom is -0.337 e. The van der Waals surface area contributed by atoms with Gasteiger partial charge in [0, 0.05) is 25.8 Å². The second-order valence-corrected chi connectivity index (χ2v) is 4.85. The lowest BCUT2D eigenvalue weighted by Crippen LogP contribution is -2.33. The number of aryl methyl sites for hydroxylation is 1. The largest absolute Gasteiger partial charge is 0.337 e. The van der Waals surface area contributed by atoms with Crippen molar-refractivity contribution in [3.05, 3.63) is 18.2 Å². The lowest BCUT2D eigenvalue weighted by molar-refractivity contribution is 0.299. The molecular formula is C12H21N3. The highest BCUT2D eigenvalue weighted by atomic mass is 15.0. The molecule has 1 aromatic heterocycles. The molecule has 2 atom stereocenters. The smallest absolute Gasteiger partial charge is 0.0945 e. The van der Waals surface area contributed by atoms with Gasteiger partial charge in [-0.3, -0.25) is 0 Å². The van der Waals surface area contributed by atoms with Crippen LogP contribution >= 0.6 is 0 Å². The zero-order valence-electron chi connectivity index (χ0n) is 9.74. The molecule has 1 fully saturated rings. The van der Waals surface area contributed by atoms with Gasteiger partial charge in [0.25, 0.3) is 0 Å². The van der Waals surface area contributed by atoms with Gasteiger partial charge in [-0.1, -0.05) is 19.8 Å². The lowest BCUT2D eigenvalue weighted by Gasteiger charge is -2.27. The molecule has 1 aliphatic rings. The first-order valence-corrected chi connectivity index (χ1v) is 5.94. The number of nitrogens with zero attached hydrogens (tertiary/aromatic N) is 2. The molecule has 3 nitrogen and oxygen atoms in total. The van der Waals surface area contributed by atoms with Crippen LogP contribution in [0.2, 0.25) is 0 Å². The van der Waals surface area contributed by atoms with Crippen LogP contribution in [0, 0.1) is 5.92 Å². The van der Waals surface area contributed by atoms with E-state index >= 15 is 0 Å². The van der Waals surface area contributed by atoms with Crippen LogP contribution in [0.25, 0.3) is 0 Å². The monoisotopic (exact) mass is 207 g/mol. The zero-order chi connectivity index (χ0) is 10.7. The Bertz CT molecular complexity index is 306. The first kappa shape index (κ1) is 10.7. The molecule has 0 aliphatic heterocycles. The molecule has 3 heteroatoms. The van der Waals surface area contributed by atoms with E-state index in [1.54, 1.807) is 0 Å². The van der Waals surface area contributed by atoms with Crippen molar-refractivity contribution in [3.8, 4) is 0 Å². The van der Waals surface area contributed by atoms with Crippen molar-refractivity contribution in [2.75, 3.05) is 0 Å². The normalized spacial score (nSPS) is 26.8. The number of hydrogen-bond donors (Lipinski definition) is 1. The number of nitrogens with one attached hydrogen (secondary N) is 1. The van der Waals surface area contributed by atoms with E-state index in [0.29, 0.717) is 6.04 Å². The highest BCUT2D eigenvalue weighted by molar-refractivity contribution is 4.97. The van der Waals surface area contributed by atoms with Gasteiger partial charge in [0.1, 0.15) is 0 Å². The van der Waals surface area contributed by atoms with Gasteiger partial charge in [-0.05, 0) is 18.8 Å². The van der Waals surface area contributed by atoms with Crippen LogP contribution in [0.15, 0.2) is 12.5 Å². The molecule has 1 saturated carbocycles. The molecule has 0 amide bonds. The van der Waals surface area contributed by atoms with Gasteiger partial charge < -0.3 is 9.88 Å². The molecule has 1 heterocycles. The molecule has 0 spiro atoms. The lowest BCUT2D eigenvalue weighted by atomic mass is 9.87. The fraction of sp³-hybridized carbons (Fsp3) is 0.750. The van der Waals surface area contributed by atoms with Crippen molar-refractivity contribution in [2.45, 2.75) is 45.2 Å². The van der Waals surface area contributed by atoms with E-state index in [4.69, 9.17) is 0 Å². The Morgan fingerprint density at radius 1 is 1.53 bits per heavy atom. The highest BCUT2D eigenvalue weighted by Crippen LogP contribution is 2.23. The predicted molar refractivity (Wildman–Crippen MR) is 61.5 cm³/mol. The van der Waals surface area contributed by atoms with E-state index in [-0.39, 0.29) is 0 Å². The number of aromatic nitrogens is 2. The molecular weight excluding hydrogens is 186 g/mol. The van der Waals surface area contributed by atoms with E-state index in [1.807, 2.05) is 19.6 Å². The third-order valence-electron chi connectivity index (χ3n) is 3.42. The molecule has 1 aromatic rings. The van der Waals surface area contributed by atoms with Crippen molar-refractivity contribution in [3.63, 3.8) is 0 Å².